The standard InChI is InChI=1S/C10H9NO2/c1-7-6-13-9-5-3-2-4-8(9)10(12)11-7/h2-5H,1,6H2,(H,11,12). The molecule has 0 radical (unpaired) electrons. The highest BCUT2D eigenvalue weighted by Gasteiger charge is 2.16. The smallest absolute Gasteiger partial charge is 0.259 e. The topological polar surface area (TPSA) is 38.3 Å². The number of para-hydroxylation sites is 1. The number of carbonyl (C=O) groups is 1. The van der Waals surface area contributed by atoms with Gasteiger partial charge in [-0.05, 0) is 12.1 Å². The van der Waals surface area contributed by atoms with Crippen molar-refractivity contribution in [1.29, 1.82) is 0 Å². The molecule has 0 aliphatic carbocycles. The minimum absolute atomic E-state index is 0.155. The van der Waals surface area contributed by atoms with Crippen molar-refractivity contribution in [3.8, 4) is 5.75 Å². The fourth-order valence-electron chi connectivity index (χ4n) is 1.21. The van der Waals surface area contributed by atoms with Crippen LogP contribution < -0.4 is 10.1 Å². The number of fused-ring (bicyclic) bond motifs is 1. The van der Waals surface area contributed by atoms with Crippen LogP contribution >= 0.6 is 0 Å². The zero-order valence-electron chi connectivity index (χ0n) is 7.04. The van der Waals surface area contributed by atoms with Crippen LogP contribution in [0.4, 0.5) is 0 Å². The Morgan fingerprint density at radius 1 is 1.38 bits per heavy atom. The van der Waals surface area contributed by atoms with E-state index in [2.05, 4.69) is 11.9 Å². The van der Waals surface area contributed by atoms with Crippen molar-refractivity contribution < 1.29 is 9.53 Å². The van der Waals surface area contributed by atoms with Gasteiger partial charge in [-0.15, -0.1) is 0 Å². The molecule has 1 aromatic rings. The molecule has 0 bridgehead atoms. The van der Waals surface area contributed by atoms with Crippen LogP contribution in [0.3, 0.4) is 0 Å². The Kier molecular flexibility index (Phi) is 1.77. The summed E-state index contributed by atoms with van der Waals surface area (Å²) in [5.41, 5.74) is 1.14. The molecule has 1 aromatic carbocycles. The van der Waals surface area contributed by atoms with Crippen LogP contribution in [0.5, 0.6) is 5.75 Å². The van der Waals surface area contributed by atoms with Gasteiger partial charge in [0.1, 0.15) is 12.4 Å². The first-order chi connectivity index (χ1) is 6.27. The lowest BCUT2D eigenvalue weighted by Gasteiger charge is -2.02. The average molecular weight is 175 g/mol. The quantitative estimate of drug-likeness (QED) is 0.645. The van der Waals surface area contributed by atoms with E-state index in [9.17, 15) is 4.79 Å². The van der Waals surface area contributed by atoms with Gasteiger partial charge >= 0.3 is 0 Å². The number of hydrogen-bond acceptors (Lipinski definition) is 2. The van der Waals surface area contributed by atoms with Gasteiger partial charge < -0.3 is 10.1 Å². The number of carbonyl (C=O) groups excluding carboxylic acids is 1. The van der Waals surface area contributed by atoms with Crippen LogP contribution in [-0.4, -0.2) is 12.5 Å². The van der Waals surface area contributed by atoms with Crippen molar-refractivity contribution in [2.24, 2.45) is 0 Å². The minimum atomic E-state index is -0.155. The molecule has 3 nitrogen and oxygen atoms in total. The maximum absolute atomic E-state index is 11.5. The fraction of sp³-hybridized carbons (Fsp3) is 0.100. The lowest BCUT2D eigenvalue weighted by Crippen LogP contribution is -2.21. The Balaban J connectivity index is 2.46. The minimum Gasteiger partial charge on any atom is -0.487 e. The van der Waals surface area contributed by atoms with Gasteiger partial charge in [-0.1, -0.05) is 18.7 Å². The van der Waals surface area contributed by atoms with E-state index >= 15 is 0 Å². The molecule has 1 aliphatic heterocycles. The van der Waals surface area contributed by atoms with Gasteiger partial charge in [-0.2, -0.15) is 0 Å². The van der Waals surface area contributed by atoms with Crippen molar-refractivity contribution in [2.45, 2.75) is 0 Å². The summed E-state index contributed by atoms with van der Waals surface area (Å²) in [5, 5.41) is 2.64. The summed E-state index contributed by atoms with van der Waals surface area (Å²) >= 11 is 0. The third-order valence-electron chi connectivity index (χ3n) is 1.82. The molecule has 1 heterocycles. The summed E-state index contributed by atoms with van der Waals surface area (Å²) in [6, 6.07) is 7.13. The van der Waals surface area contributed by atoms with Gasteiger partial charge in [0.2, 0.25) is 0 Å². The summed E-state index contributed by atoms with van der Waals surface area (Å²) in [6.07, 6.45) is 0. The largest absolute Gasteiger partial charge is 0.487 e. The van der Waals surface area contributed by atoms with Gasteiger partial charge in [-0.25, -0.2) is 0 Å². The number of ether oxygens (including phenoxy) is 1. The Hall–Kier alpha value is -1.77. The van der Waals surface area contributed by atoms with E-state index in [-0.39, 0.29) is 5.91 Å². The molecule has 2 rings (SSSR count). The third-order valence-corrected chi connectivity index (χ3v) is 1.82. The van der Waals surface area contributed by atoms with Crippen molar-refractivity contribution in [1.82, 2.24) is 5.32 Å². The van der Waals surface area contributed by atoms with E-state index in [1.165, 1.54) is 0 Å². The Morgan fingerprint density at radius 3 is 3.00 bits per heavy atom. The van der Waals surface area contributed by atoms with Crippen molar-refractivity contribution >= 4 is 5.91 Å². The molecule has 0 aromatic heterocycles. The summed E-state index contributed by atoms with van der Waals surface area (Å²) in [5.74, 6) is 0.455. The van der Waals surface area contributed by atoms with Gasteiger partial charge in [0, 0.05) is 5.70 Å². The molecule has 1 N–H and O–H groups in total. The summed E-state index contributed by atoms with van der Waals surface area (Å²) in [7, 11) is 0. The Morgan fingerprint density at radius 2 is 2.15 bits per heavy atom. The molecule has 13 heavy (non-hydrogen) atoms. The molecule has 0 spiro atoms. The third kappa shape index (κ3) is 1.40. The summed E-state index contributed by atoms with van der Waals surface area (Å²) < 4.78 is 5.35. The van der Waals surface area contributed by atoms with E-state index in [0.717, 1.165) is 0 Å². The highest BCUT2D eigenvalue weighted by atomic mass is 16.5. The number of hydrogen-bond donors (Lipinski definition) is 1. The predicted octanol–water partition coefficient (Wildman–Crippen LogP) is 1.32. The van der Waals surface area contributed by atoms with E-state index in [4.69, 9.17) is 4.74 Å². The lowest BCUT2D eigenvalue weighted by atomic mass is 10.2. The van der Waals surface area contributed by atoms with E-state index in [1.807, 2.05) is 6.07 Å². The maximum Gasteiger partial charge on any atom is 0.259 e. The zero-order valence-corrected chi connectivity index (χ0v) is 7.04. The van der Waals surface area contributed by atoms with Crippen molar-refractivity contribution in [2.75, 3.05) is 6.61 Å². The van der Waals surface area contributed by atoms with Gasteiger partial charge in [0.05, 0.1) is 5.56 Å². The molecular formula is C10H9NO2. The van der Waals surface area contributed by atoms with Crippen molar-refractivity contribution in [3.63, 3.8) is 0 Å². The van der Waals surface area contributed by atoms with Crippen molar-refractivity contribution in [3.05, 3.63) is 42.1 Å². The SMILES string of the molecule is C=C1COc2ccccc2C(=O)N1. The second-order valence-electron chi connectivity index (χ2n) is 2.84. The molecule has 0 unspecified atom stereocenters. The van der Waals surface area contributed by atoms with Crippen LogP contribution in [0.25, 0.3) is 0 Å². The molecule has 0 fully saturated rings. The average Bonchev–Trinajstić information content (AvgIpc) is 2.27. The molecule has 0 atom stereocenters. The van der Waals surface area contributed by atoms with E-state index in [1.54, 1.807) is 18.2 Å². The molecular weight excluding hydrogens is 166 g/mol. The molecule has 1 amide bonds. The molecule has 0 saturated carbocycles. The van der Waals surface area contributed by atoms with Gasteiger partial charge in [-0.3, -0.25) is 4.79 Å². The molecule has 66 valence electrons. The zero-order chi connectivity index (χ0) is 9.26. The summed E-state index contributed by atoms with van der Waals surface area (Å²) in [6.45, 7) is 3.99. The van der Waals surface area contributed by atoms with E-state index in [0.29, 0.717) is 23.6 Å². The first kappa shape index (κ1) is 7.86. The number of benzene rings is 1. The normalized spacial score (nSPS) is 15.4. The first-order valence-electron chi connectivity index (χ1n) is 3.98. The second-order valence-corrected chi connectivity index (χ2v) is 2.84. The highest BCUT2D eigenvalue weighted by Crippen LogP contribution is 2.20. The molecule has 3 heteroatoms. The Labute approximate surface area is 76.0 Å². The Bertz CT molecular complexity index is 371. The summed E-state index contributed by atoms with van der Waals surface area (Å²) in [4.78, 5) is 11.5. The van der Waals surface area contributed by atoms with Crippen LogP contribution in [0.1, 0.15) is 10.4 Å². The van der Waals surface area contributed by atoms with Gasteiger partial charge in [0.15, 0.2) is 0 Å². The van der Waals surface area contributed by atoms with E-state index < -0.39 is 0 Å². The molecule has 1 aliphatic rings. The number of rotatable bonds is 0. The first-order valence-corrected chi connectivity index (χ1v) is 3.98. The van der Waals surface area contributed by atoms with Gasteiger partial charge in [0.25, 0.3) is 5.91 Å². The monoisotopic (exact) mass is 175 g/mol. The number of amides is 1. The highest BCUT2D eigenvalue weighted by molar-refractivity contribution is 5.98. The number of nitrogens with one attached hydrogen (secondary N) is 1. The van der Waals surface area contributed by atoms with Crippen LogP contribution in [0.2, 0.25) is 0 Å². The second kappa shape index (κ2) is 2.94. The van der Waals surface area contributed by atoms with Crippen LogP contribution in [0.15, 0.2) is 36.5 Å². The fourth-order valence-corrected chi connectivity index (χ4v) is 1.21. The lowest BCUT2D eigenvalue weighted by molar-refractivity contribution is 0.0967. The predicted molar refractivity (Wildman–Crippen MR) is 48.5 cm³/mol. The van der Waals surface area contributed by atoms with Crippen LogP contribution in [0, 0.1) is 0 Å². The molecule has 0 saturated heterocycles. The van der Waals surface area contributed by atoms with Crippen LogP contribution in [-0.2, 0) is 0 Å². The maximum atomic E-state index is 11.5.